The van der Waals surface area contributed by atoms with Gasteiger partial charge in [-0.2, -0.15) is 0 Å². The van der Waals surface area contributed by atoms with E-state index < -0.39 is 32.5 Å². The Balaban J connectivity index is 2.07. The van der Waals surface area contributed by atoms with E-state index in [0.717, 1.165) is 0 Å². The molecular weight excluding hydrogens is 338 g/mol. The van der Waals surface area contributed by atoms with Gasteiger partial charge in [-0.25, -0.2) is 8.42 Å². The third-order valence-electron chi connectivity index (χ3n) is 4.18. The Bertz CT molecular complexity index is 851. The number of carboxylic acids is 1. The summed E-state index contributed by atoms with van der Waals surface area (Å²) in [6, 6.07) is 14.2. The summed E-state index contributed by atoms with van der Waals surface area (Å²) in [5.74, 6) is -2.12. The van der Waals surface area contributed by atoms with Crippen molar-refractivity contribution in [3.8, 4) is 0 Å². The molecule has 0 bridgehead atoms. The van der Waals surface area contributed by atoms with Gasteiger partial charge >= 0.3 is 5.97 Å². The summed E-state index contributed by atoms with van der Waals surface area (Å²) >= 11 is 5.77. The number of hydrogen-bond donors (Lipinski definition) is 2. The van der Waals surface area contributed by atoms with Crippen molar-refractivity contribution in [3.05, 3.63) is 65.2 Å². The molecule has 23 heavy (non-hydrogen) atoms. The van der Waals surface area contributed by atoms with Crippen molar-refractivity contribution in [2.75, 3.05) is 0 Å². The number of carbonyl (C=O) groups is 1. The number of aliphatic carboxylic acids is 1. The van der Waals surface area contributed by atoms with Crippen LogP contribution in [0.3, 0.4) is 0 Å². The summed E-state index contributed by atoms with van der Waals surface area (Å²) in [6.07, 6.45) is 0. The van der Waals surface area contributed by atoms with E-state index in [1.807, 2.05) is 0 Å². The molecule has 0 heterocycles. The van der Waals surface area contributed by atoms with Crippen molar-refractivity contribution in [2.45, 2.75) is 21.6 Å². The van der Waals surface area contributed by atoms with E-state index in [-0.39, 0.29) is 4.90 Å². The first-order valence-electron chi connectivity index (χ1n) is 6.86. The molecule has 0 amide bonds. The number of halogens is 1. The summed E-state index contributed by atoms with van der Waals surface area (Å²) in [6.45, 7) is 0. The second-order valence-corrected chi connectivity index (χ2v) is 8.05. The summed E-state index contributed by atoms with van der Waals surface area (Å²) in [5, 5.41) is 8.65. The topological polar surface area (TPSA) is 97.5 Å². The summed E-state index contributed by atoms with van der Waals surface area (Å²) in [5.41, 5.74) is 4.72. The maximum absolute atomic E-state index is 12.8. The Morgan fingerprint density at radius 3 is 2.17 bits per heavy atom. The zero-order valence-corrected chi connectivity index (χ0v) is 13.5. The van der Waals surface area contributed by atoms with Crippen LogP contribution in [-0.2, 0) is 14.6 Å². The maximum Gasteiger partial charge on any atom is 0.325 e. The van der Waals surface area contributed by atoms with Crippen molar-refractivity contribution in [1.29, 1.82) is 0 Å². The molecule has 3 rings (SSSR count). The van der Waals surface area contributed by atoms with Gasteiger partial charge in [0.1, 0.15) is 10.8 Å². The third kappa shape index (κ3) is 2.43. The van der Waals surface area contributed by atoms with Crippen LogP contribution < -0.4 is 5.73 Å². The minimum absolute atomic E-state index is 0.0152. The van der Waals surface area contributed by atoms with E-state index in [0.29, 0.717) is 10.6 Å². The van der Waals surface area contributed by atoms with Gasteiger partial charge in [0.15, 0.2) is 9.84 Å². The molecule has 1 aliphatic rings. The van der Waals surface area contributed by atoms with Gasteiger partial charge in [0, 0.05) is 10.9 Å². The van der Waals surface area contributed by atoms with Gasteiger partial charge in [0.05, 0.1) is 4.90 Å². The predicted molar refractivity (Wildman–Crippen MR) is 86.2 cm³/mol. The second kappa shape index (κ2) is 5.33. The van der Waals surface area contributed by atoms with Gasteiger partial charge in [-0.15, -0.1) is 0 Å². The van der Waals surface area contributed by atoms with Gasteiger partial charge in [0.25, 0.3) is 0 Å². The molecule has 1 aliphatic carbocycles. The standard InChI is InChI=1S/C16H14ClNO4S/c17-11-6-8-12(9-7-11)23(21,22)14-13(16(14,18)15(19)20)10-4-2-1-3-5-10/h1-9,13-14H,18H2,(H,19,20)/t13-,14+,16+/m0/s1. The number of rotatable bonds is 4. The van der Waals surface area contributed by atoms with Crippen LogP contribution in [0.5, 0.6) is 0 Å². The Morgan fingerprint density at radius 1 is 1.09 bits per heavy atom. The first-order valence-corrected chi connectivity index (χ1v) is 8.78. The van der Waals surface area contributed by atoms with E-state index in [1.54, 1.807) is 30.3 Å². The molecule has 7 heteroatoms. The molecule has 0 aromatic heterocycles. The van der Waals surface area contributed by atoms with Crippen LogP contribution in [0.1, 0.15) is 11.5 Å². The van der Waals surface area contributed by atoms with E-state index in [4.69, 9.17) is 17.3 Å². The average molecular weight is 352 g/mol. The lowest BCUT2D eigenvalue weighted by Gasteiger charge is -2.06. The quantitative estimate of drug-likeness (QED) is 0.878. The third-order valence-corrected chi connectivity index (χ3v) is 6.70. The highest BCUT2D eigenvalue weighted by Crippen LogP contribution is 2.55. The van der Waals surface area contributed by atoms with Gasteiger partial charge < -0.3 is 10.8 Å². The lowest BCUT2D eigenvalue weighted by atomic mass is 10.1. The molecule has 2 aromatic rings. The van der Waals surface area contributed by atoms with Crippen molar-refractivity contribution in [2.24, 2.45) is 5.73 Å². The number of nitrogens with two attached hydrogens (primary N) is 1. The molecule has 3 atom stereocenters. The van der Waals surface area contributed by atoms with Crippen LogP contribution in [0.4, 0.5) is 0 Å². The molecule has 2 aromatic carbocycles. The van der Waals surface area contributed by atoms with E-state index >= 15 is 0 Å². The highest BCUT2D eigenvalue weighted by molar-refractivity contribution is 7.92. The Hall–Kier alpha value is -1.89. The molecule has 1 fully saturated rings. The monoisotopic (exact) mass is 351 g/mol. The van der Waals surface area contributed by atoms with Crippen molar-refractivity contribution in [3.63, 3.8) is 0 Å². The zero-order valence-electron chi connectivity index (χ0n) is 11.9. The lowest BCUT2D eigenvalue weighted by molar-refractivity contribution is -0.139. The van der Waals surface area contributed by atoms with Crippen molar-refractivity contribution >= 4 is 27.4 Å². The molecule has 3 N–H and O–H groups in total. The first-order chi connectivity index (χ1) is 10.8. The molecule has 0 spiro atoms. The highest BCUT2D eigenvalue weighted by Gasteiger charge is 2.74. The van der Waals surface area contributed by atoms with E-state index in [2.05, 4.69) is 0 Å². The average Bonchev–Trinajstić information content (AvgIpc) is 3.17. The normalized spacial score (nSPS) is 26.7. The molecule has 0 aliphatic heterocycles. The summed E-state index contributed by atoms with van der Waals surface area (Å²) in [7, 11) is -3.90. The largest absolute Gasteiger partial charge is 0.480 e. The van der Waals surface area contributed by atoms with Crippen molar-refractivity contribution in [1.82, 2.24) is 0 Å². The van der Waals surface area contributed by atoms with Crippen LogP contribution in [0.2, 0.25) is 5.02 Å². The van der Waals surface area contributed by atoms with Crippen LogP contribution in [0, 0.1) is 0 Å². The van der Waals surface area contributed by atoms with E-state index in [1.165, 1.54) is 24.3 Å². The predicted octanol–water partition coefficient (Wildman–Crippen LogP) is 2.06. The van der Waals surface area contributed by atoms with Crippen LogP contribution in [0.25, 0.3) is 0 Å². The summed E-state index contributed by atoms with van der Waals surface area (Å²) < 4.78 is 25.6. The molecular formula is C16H14ClNO4S. The zero-order chi connectivity index (χ0) is 16.8. The molecule has 0 saturated heterocycles. The second-order valence-electron chi connectivity index (χ2n) is 5.55. The fourth-order valence-electron chi connectivity index (χ4n) is 2.95. The van der Waals surface area contributed by atoms with Gasteiger partial charge in [-0.05, 0) is 29.8 Å². The van der Waals surface area contributed by atoms with Crippen LogP contribution in [-0.4, -0.2) is 30.3 Å². The van der Waals surface area contributed by atoms with Gasteiger partial charge in [-0.1, -0.05) is 41.9 Å². The summed E-state index contributed by atoms with van der Waals surface area (Å²) in [4.78, 5) is 11.6. The van der Waals surface area contributed by atoms with Crippen LogP contribution in [0.15, 0.2) is 59.5 Å². The molecule has 1 saturated carbocycles. The SMILES string of the molecule is N[C@@]1(C(=O)O)[C@H](S(=O)(=O)c2ccc(Cl)cc2)[C@@H]1c1ccccc1. The number of sulfone groups is 1. The number of hydrogen-bond acceptors (Lipinski definition) is 4. The van der Waals surface area contributed by atoms with Crippen LogP contribution >= 0.6 is 11.6 Å². The Morgan fingerprint density at radius 2 is 1.65 bits per heavy atom. The fraction of sp³-hybridized carbons (Fsp3) is 0.188. The number of carboxylic acid groups (broad SMARTS) is 1. The van der Waals surface area contributed by atoms with Gasteiger partial charge in [0.2, 0.25) is 0 Å². The highest BCUT2D eigenvalue weighted by atomic mass is 35.5. The van der Waals surface area contributed by atoms with E-state index in [9.17, 15) is 18.3 Å². The lowest BCUT2D eigenvalue weighted by Crippen LogP contribution is -2.39. The fourth-order valence-corrected chi connectivity index (χ4v) is 5.30. The smallest absolute Gasteiger partial charge is 0.325 e. The maximum atomic E-state index is 12.8. The van der Waals surface area contributed by atoms with Gasteiger partial charge in [-0.3, -0.25) is 4.79 Å². The molecule has 5 nitrogen and oxygen atoms in total. The Kier molecular flexibility index (Phi) is 3.71. The van der Waals surface area contributed by atoms with Crippen molar-refractivity contribution < 1.29 is 18.3 Å². The first kappa shape index (κ1) is 16.0. The minimum Gasteiger partial charge on any atom is -0.480 e. The minimum atomic E-state index is -3.90. The molecule has 0 unspecified atom stereocenters. The molecule has 0 radical (unpaired) electrons. The molecule has 120 valence electrons. The Labute approximate surface area is 138 Å². The number of benzene rings is 2.